The van der Waals surface area contributed by atoms with Crippen molar-refractivity contribution in [1.82, 2.24) is 5.32 Å². The van der Waals surface area contributed by atoms with E-state index >= 15 is 0 Å². The molecule has 0 spiro atoms. The zero-order chi connectivity index (χ0) is 14.7. The number of benzene rings is 1. The van der Waals surface area contributed by atoms with Crippen molar-refractivity contribution in [3.05, 3.63) is 28.1 Å². The first-order valence-electron chi connectivity index (χ1n) is 6.36. The smallest absolute Gasteiger partial charge is 0.263 e. The van der Waals surface area contributed by atoms with Gasteiger partial charge in [-0.2, -0.15) is 0 Å². The molecule has 0 fully saturated rings. The number of fused-ring (bicyclic) bond motifs is 1. The van der Waals surface area contributed by atoms with Gasteiger partial charge < -0.3 is 15.8 Å². The van der Waals surface area contributed by atoms with Crippen molar-refractivity contribution >= 4 is 44.6 Å². The van der Waals surface area contributed by atoms with Gasteiger partial charge in [0.25, 0.3) is 5.91 Å². The number of nitrogens with two attached hydrogens (primary N) is 1. The molecule has 108 valence electrons. The summed E-state index contributed by atoms with van der Waals surface area (Å²) in [6, 6.07) is 5.44. The highest BCUT2D eigenvalue weighted by Crippen LogP contribution is 2.35. The Kier molecular flexibility index (Phi) is 4.86. The van der Waals surface area contributed by atoms with E-state index in [1.54, 1.807) is 12.1 Å². The number of nitrogen functional groups attached to an aromatic ring is 1. The van der Waals surface area contributed by atoms with Crippen molar-refractivity contribution in [2.75, 3.05) is 18.9 Å². The third-order valence-corrected chi connectivity index (χ3v) is 4.15. The highest BCUT2D eigenvalue weighted by molar-refractivity contribution is 7.21. The van der Waals surface area contributed by atoms with E-state index in [1.165, 1.54) is 11.3 Å². The molecule has 6 heteroatoms. The van der Waals surface area contributed by atoms with Crippen molar-refractivity contribution in [3.63, 3.8) is 0 Å². The Labute approximate surface area is 126 Å². The number of hydrogen-bond donors (Lipinski definition) is 2. The van der Waals surface area contributed by atoms with Gasteiger partial charge >= 0.3 is 0 Å². The molecule has 2 aromatic rings. The van der Waals surface area contributed by atoms with E-state index in [-0.39, 0.29) is 12.0 Å². The van der Waals surface area contributed by atoms with Crippen LogP contribution in [0, 0.1) is 0 Å². The van der Waals surface area contributed by atoms with Gasteiger partial charge in [0, 0.05) is 21.7 Å². The molecule has 1 aromatic carbocycles. The first-order chi connectivity index (χ1) is 9.49. The van der Waals surface area contributed by atoms with E-state index in [4.69, 9.17) is 22.1 Å². The van der Waals surface area contributed by atoms with Crippen LogP contribution in [0.1, 0.15) is 23.5 Å². The van der Waals surface area contributed by atoms with Gasteiger partial charge in [-0.25, -0.2) is 0 Å². The molecule has 20 heavy (non-hydrogen) atoms. The van der Waals surface area contributed by atoms with Gasteiger partial charge in [0.2, 0.25) is 0 Å². The SMILES string of the molecule is CC(C)OCCNC(=O)c1sc2ccc(Cl)cc2c1N. The van der Waals surface area contributed by atoms with Gasteiger partial charge in [0.05, 0.1) is 18.4 Å². The Bertz CT molecular complexity index is 625. The number of carbonyl (C=O) groups is 1. The molecule has 0 radical (unpaired) electrons. The van der Waals surface area contributed by atoms with E-state index in [0.717, 1.165) is 10.1 Å². The monoisotopic (exact) mass is 312 g/mol. The van der Waals surface area contributed by atoms with Crippen LogP contribution in [-0.4, -0.2) is 25.2 Å². The zero-order valence-electron chi connectivity index (χ0n) is 11.4. The largest absolute Gasteiger partial charge is 0.397 e. The average Bonchev–Trinajstić information content (AvgIpc) is 2.72. The second kappa shape index (κ2) is 6.43. The molecule has 4 nitrogen and oxygen atoms in total. The summed E-state index contributed by atoms with van der Waals surface area (Å²) in [7, 11) is 0. The maximum atomic E-state index is 12.1. The summed E-state index contributed by atoms with van der Waals surface area (Å²) < 4.78 is 6.33. The van der Waals surface area contributed by atoms with Crippen molar-refractivity contribution in [3.8, 4) is 0 Å². The number of halogens is 1. The molecule has 0 aliphatic carbocycles. The maximum absolute atomic E-state index is 12.1. The third-order valence-electron chi connectivity index (χ3n) is 2.73. The van der Waals surface area contributed by atoms with E-state index in [2.05, 4.69) is 5.32 Å². The summed E-state index contributed by atoms with van der Waals surface area (Å²) in [5.41, 5.74) is 6.50. The molecule has 1 heterocycles. The first-order valence-corrected chi connectivity index (χ1v) is 7.56. The van der Waals surface area contributed by atoms with Crippen molar-refractivity contribution < 1.29 is 9.53 Å². The zero-order valence-corrected chi connectivity index (χ0v) is 13.0. The Morgan fingerprint density at radius 1 is 1.50 bits per heavy atom. The van der Waals surface area contributed by atoms with Crippen LogP contribution in [0.15, 0.2) is 18.2 Å². The Morgan fingerprint density at radius 3 is 2.95 bits per heavy atom. The number of thiophene rings is 1. The van der Waals surface area contributed by atoms with E-state index in [0.29, 0.717) is 28.7 Å². The number of hydrogen-bond acceptors (Lipinski definition) is 4. The van der Waals surface area contributed by atoms with E-state index < -0.39 is 0 Å². The molecular weight excluding hydrogens is 296 g/mol. The van der Waals surface area contributed by atoms with Gasteiger partial charge in [-0.3, -0.25) is 4.79 Å². The molecule has 0 aliphatic rings. The second-order valence-electron chi connectivity index (χ2n) is 4.66. The summed E-state index contributed by atoms with van der Waals surface area (Å²) in [6.45, 7) is 4.86. The highest BCUT2D eigenvalue weighted by atomic mass is 35.5. The summed E-state index contributed by atoms with van der Waals surface area (Å²) in [6.07, 6.45) is 0.156. The van der Waals surface area contributed by atoms with Gasteiger partial charge in [-0.1, -0.05) is 11.6 Å². The van der Waals surface area contributed by atoms with Crippen molar-refractivity contribution in [1.29, 1.82) is 0 Å². The minimum Gasteiger partial charge on any atom is -0.397 e. The van der Waals surface area contributed by atoms with Crippen LogP contribution in [0.3, 0.4) is 0 Å². The Hall–Kier alpha value is -1.30. The molecule has 0 bridgehead atoms. The number of carbonyl (C=O) groups excluding carboxylic acids is 1. The molecule has 0 atom stereocenters. The molecular formula is C14H17ClN2O2S. The summed E-state index contributed by atoms with van der Waals surface area (Å²) in [5.74, 6) is -0.174. The molecule has 0 saturated carbocycles. The molecule has 1 aromatic heterocycles. The molecule has 3 N–H and O–H groups in total. The Balaban J connectivity index is 2.08. The fraction of sp³-hybridized carbons (Fsp3) is 0.357. The van der Waals surface area contributed by atoms with E-state index in [9.17, 15) is 4.79 Å². The summed E-state index contributed by atoms with van der Waals surface area (Å²) >= 11 is 7.31. The van der Waals surface area contributed by atoms with E-state index in [1.807, 2.05) is 19.9 Å². The van der Waals surface area contributed by atoms with Gasteiger partial charge in [-0.15, -0.1) is 11.3 Å². The van der Waals surface area contributed by atoms with Crippen LogP contribution in [0.5, 0.6) is 0 Å². The fourth-order valence-corrected chi connectivity index (χ4v) is 2.99. The standard InChI is InChI=1S/C14H17ClN2O2S/c1-8(2)19-6-5-17-14(18)13-12(16)10-7-9(15)3-4-11(10)20-13/h3-4,7-8H,5-6,16H2,1-2H3,(H,17,18). The number of amides is 1. The quantitative estimate of drug-likeness (QED) is 0.833. The number of rotatable bonds is 5. The molecule has 0 saturated heterocycles. The summed E-state index contributed by atoms with van der Waals surface area (Å²) in [4.78, 5) is 12.6. The van der Waals surface area contributed by atoms with Crippen LogP contribution >= 0.6 is 22.9 Å². The highest BCUT2D eigenvalue weighted by Gasteiger charge is 2.16. The minimum absolute atomic E-state index is 0.156. The van der Waals surface area contributed by atoms with Gasteiger partial charge in [0.1, 0.15) is 4.88 Å². The lowest BCUT2D eigenvalue weighted by atomic mass is 10.2. The fourth-order valence-electron chi connectivity index (χ4n) is 1.80. The van der Waals surface area contributed by atoms with Crippen molar-refractivity contribution in [2.45, 2.75) is 20.0 Å². The number of ether oxygens (including phenoxy) is 1. The molecule has 1 amide bonds. The predicted molar refractivity (Wildman–Crippen MR) is 84.7 cm³/mol. The van der Waals surface area contributed by atoms with Gasteiger partial charge in [0.15, 0.2) is 0 Å². The summed E-state index contributed by atoms with van der Waals surface area (Å²) in [5, 5.41) is 4.24. The molecule has 2 rings (SSSR count). The maximum Gasteiger partial charge on any atom is 0.263 e. The number of nitrogens with one attached hydrogen (secondary N) is 1. The van der Waals surface area contributed by atoms with Crippen LogP contribution in [0.25, 0.3) is 10.1 Å². The molecule has 0 aliphatic heterocycles. The van der Waals surface area contributed by atoms with Crippen LogP contribution in [-0.2, 0) is 4.74 Å². The Morgan fingerprint density at radius 2 is 2.25 bits per heavy atom. The lowest BCUT2D eigenvalue weighted by molar-refractivity contribution is 0.0748. The second-order valence-corrected chi connectivity index (χ2v) is 6.15. The van der Waals surface area contributed by atoms with Gasteiger partial charge in [-0.05, 0) is 32.0 Å². The van der Waals surface area contributed by atoms with Crippen LogP contribution in [0.4, 0.5) is 5.69 Å². The minimum atomic E-state index is -0.174. The lowest BCUT2D eigenvalue weighted by Gasteiger charge is -2.08. The van der Waals surface area contributed by atoms with Crippen molar-refractivity contribution in [2.24, 2.45) is 0 Å². The lowest BCUT2D eigenvalue weighted by Crippen LogP contribution is -2.27. The molecule has 0 unspecified atom stereocenters. The van der Waals surface area contributed by atoms with Crippen LogP contribution in [0.2, 0.25) is 5.02 Å². The normalized spacial score (nSPS) is 11.2. The van der Waals surface area contributed by atoms with Crippen LogP contribution < -0.4 is 11.1 Å². The topological polar surface area (TPSA) is 64.3 Å². The first kappa shape index (κ1) is 15.1. The number of anilines is 1. The third kappa shape index (κ3) is 3.42. The predicted octanol–water partition coefficient (Wildman–Crippen LogP) is 3.29. The average molecular weight is 313 g/mol.